The summed E-state index contributed by atoms with van der Waals surface area (Å²) in [6, 6.07) is 7.01. The van der Waals surface area contributed by atoms with Gasteiger partial charge < -0.3 is 14.4 Å². The van der Waals surface area contributed by atoms with Crippen LogP contribution < -0.4 is 4.74 Å². The summed E-state index contributed by atoms with van der Waals surface area (Å²) in [6.07, 6.45) is 10.3. The monoisotopic (exact) mass is 428 g/mol. The molecule has 0 heterocycles. The second-order valence-corrected chi connectivity index (χ2v) is 7.95. The lowest BCUT2D eigenvalue weighted by Gasteiger charge is -2.21. The van der Waals surface area contributed by atoms with E-state index in [-0.39, 0.29) is 24.5 Å². The molecular formula is C22H31ClFO3P. The van der Waals surface area contributed by atoms with Crippen molar-refractivity contribution in [1.82, 2.24) is 0 Å². The van der Waals surface area contributed by atoms with E-state index < -0.39 is 12.3 Å². The summed E-state index contributed by atoms with van der Waals surface area (Å²) in [7, 11) is 2.27. The summed E-state index contributed by atoms with van der Waals surface area (Å²) in [6.45, 7) is 2.25. The Bertz CT molecular complexity index is 640. The molecule has 1 aliphatic rings. The molecule has 4 unspecified atom stereocenters. The number of hydrogen-bond donors (Lipinski definition) is 1. The van der Waals surface area contributed by atoms with Crippen molar-refractivity contribution < 1.29 is 18.8 Å². The number of unbranched alkanes of at least 4 members (excludes halogenated alkanes) is 2. The first-order valence-electron chi connectivity index (χ1n) is 9.94. The molecule has 6 heteroatoms. The summed E-state index contributed by atoms with van der Waals surface area (Å²) in [4.78, 5) is 0. The van der Waals surface area contributed by atoms with Gasteiger partial charge >= 0.3 is 0 Å². The minimum atomic E-state index is -0.975. The van der Waals surface area contributed by atoms with E-state index in [2.05, 4.69) is 28.5 Å². The molecule has 0 amide bonds. The highest BCUT2D eigenvalue weighted by Gasteiger charge is 2.41. The molecule has 0 spiro atoms. The van der Waals surface area contributed by atoms with Crippen molar-refractivity contribution in [3.63, 3.8) is 0 Å². The highest BCUT2D eigenvalue weighted by atomic mass is 35.5. The first kappa shape index (κ1) is 23.3. The Hall–Kier alpha value is -0.930. The fraction of sp³-hybridized carbons (Fsp3) is 0.545. The fourth-order valence-electron chi connectivity index (χ4n) is 3.54. The molecule has 3 nitrogen and oxygen atoms in total. The van der Waals surface area contributed by atoms with Crippen LogP contribution in [0.15, 0.2) is 48.6 Å². The van der Waals surface area contributed by atoms with Gasteiger partial charge in [-0.25, -0.2) is 4.39 Å². The van der Waals surface area contributed by atoms with Crippen LogP contribution in [0.1, 0.15) is 39.0 Å². The highest BCUT2D eigenvalue weighted by molar-refractivity contribution is 7.09. The number of allylic oxidation sites excluding steroid dienone is 3. The van der Waals surface area contributed by atoms with Crippen molar-refractivity contribution in [3.05, 3.63) is 53.6 Å². The number of halogens is 2. The number of benzene rings is 1. The molecule has 6 atom stereocenters. The number of aliphatic hydroxyl groups excluding tert-OH is 1. The van der Waals surface area contributed by atoms with Crippen molar-refractivity contribution in [3.8, 4) is 5.75 Å². The summed E-state index contributed by atoms with van der Waals surface area (Å²) < 4.78 is 25.5. The summed E-state index contributed by atoms with van der Waals surface area (Å²) in [5.74, 6) is 0.376. The Morgan fingerprint density at radius 2 is 2.21 bits per heavy atom. The van der Waals surface area contributed by atoms with Gasteiger partial charge in [0.25, 0.3) is 0 Å². The lowest BCUT2D eigenvalue weighted by Crippen LogP contribution is -2.21. The van der Waals surface area contributed by atoms with Gasteiger partial charge in [0.1, 0.15) is 24.6 Å². The van der Waals surface area contributed by atoms with E-state index in [9.17, 15) is 9.50 Å². The molecule has 1 N–H and O–H groups in total. The van der Waals surface area contributed by atoms with Crippen LogP contribution in [0.2, 0.25) is 5.02 Å². The topological polar surface area (TPSA) is 38.7 Å². The van der Waals surface area contributed by atoms with Gasteiger partial charge in [-0.1, -0.05) is 61.7 Å². The molecule has 1 aromatic carbocycles. The third-order valence-corrected chi connectivity index (χ3v) is 5.68. The van der Waals surface area contributed by atoms with Crippen molar-refractivity contribution in [1.29, 1.82) is 0 Å². The third-order valence-electron chi connectivity index (χ3n) is 5.09. The first-order chi connectivity index (χ1) is 13.5. The van der Waals surface area contributed by atoms with E-state index in [1.54, 1.807) is 36.4 Å². The molecule has 156 valence electrons. The zero-order chi connectivity index (χ0) is 20.4. The molecule has 0 saturated heterocycles. The summed E-state index contributed by atoms with van der Waals surface area (Å²) in [5, 5.41) is 10.8. The quantitative estimate of drug-likeness (QED) is 0.270. The van der Waals surface area contributed by atoms with Gasteiger partial charge in [0.2, 0.25) is 0 Å². The van der Waals surface area contributed by atoms with Crippen molar-refractivity contribution in [2.45, 2.75) is 57.4 Å². The smallest absolute Gasteiger partial charge is 0.120 e. The Balaban J connectivity index is 1.90. The molecular weight excluding hydrogens is 398 g/mol. The maximum absolute atomic E-state index is 14.6. The lowest BCUT2D eigenvalue weighted by molar-refractivity contribution is 0.142. The molecule has 2 rings (SSSR count). The van der Waals surface area contributed by atoms with Crippen molar-refractivity contribution in [2.75, 3.05) is 6.61 Å². The number of hydrogen-bond acceptors (Lipinski definition) is 3. The maximum Gasteiger partial charge on any atom is 0.120 e. The Labute approximate surface area is 175 Å². The van der Waals surface area contributed by atoms with Gasteiger partial charge in [-0.3, -0.25) is 0 Å². The molecule has 28 heavy (non-hydrogen) atoms. The molecule has 0 bridgehead atoms. The normalized spacial score (nSPS) is 26.3. The number of aliphatic hydroxyl groups is 1. The maximum atomic E-state index is 14.6. The van der Waals surface area contributed by atoms with Crippen LogP contribution in [-0.4, -0.2) is 30.1 Å². The Morgan fingerprint density at radius 3 is 2.93 bits per heavy atom. The third kappa shape index (κ3) is 7.48. The molecule has 0 radical (unpaired) electrons. The van der Waals surface area contributed by atoms with E-state index in [0.29, 0.717) is 17.2 Å². The summed E-state index contributed by atoms with van der Waals surface area (Å²) >= 11 is 5.92. The standard InChI is InChI=1S/C22H31ClFO3P/c1-2-3-4-5-6-10-20-19(21(24)14-22(20)27-28)12-11-17(25)15-26-18-9-7-8-16(23)13-18/h5-9,11-13,17,19-22,25H,2-4,10,14-15,28H2,1H3/b6-5-,12-11+/t17?,19-,20-,21?,22?/m1/s1. The van der Waals surface area contributed by atoms with Crippen LogP contribution in [-0.2, 0) is 4.52 Å². The van der Waals surface area contributed by atoms with Crippen molar-refractivity contribution >= 4 is 21.1 Å². The molecule has 1 aliphatic carbocycles. The minimum Gasteiger partial charge on any atom is -0.491 e. The number of ether oxygens (including phenoxy) is 1. The zero-order valence-electron chi connectivity index (χ0n) is 16.3. The van der Waals surface area contributed by atoms with E-state index in [4.69, 9.17) is 20.9 Å². The van der Waals surface area contributed by atoms with E-state index in [1.165, 1.54) is 6.42 Å². The number of rotatable bonds is 11. The SMILES string of the molecule is CCCC/C=C\C[C@H]1C(OP)CC(F)[C@@H]1/C=C/C(O)COc1cccc(Cl)c1. The average molecular weight is 429 g/mol. The molecule has 0 aromatic heterocycles. The second-order valence-electron chi connectivity index (χ2n) is 7.24. The van der Waals surface area contributed by atoms with Gasteiger partial charge in [-0.15, -0.1) is 0 Å². The Morgan fingerprint density at radius 1 is 1.39 bits per heavy atom. The van der Waals surface area contributed by atoms with Crippen LogP contribution in [0.25, 0.3) is 0 Å². The van der Waals surface area contributed by atoms with E-state index in [0.717, 1.165) is 19.3 Å². The molecule has 1 fully saturated rings. The predicted molar refractivity (Wildman–Crippen MR) is 116 cm³/mol. The van der Waals surface area contributed by atoms with Crippen LogP contribution in [0.5, 0.6) is 5.75 Å². The zero-order valence-corrected chi connectivity index (χ0v) is 18.3. The van der Waals surface area contributed by atoms with Crippen LogP contribution in [0, 0.1) is 11.8 Å². The first-order valence-corrected chi connectivity index (χ1v) is 10.8. The minimum absolute atomic E-state index is 0.0580. The summed E-state index contributed by atoms with van der Waals surface area (Å²) in [5.41, 5.74) is 0. The van der Waals surface area contributed by atoms with Crippen molar-refractivity contribution in [2.24, 2.45) is 11.8 Å². The average Bonchev–Trinajstić information content (AvgIpc) is 2.99. The van der Waals surface area contributed by atoms with E-state index >= 15 is 0 Å². The predicted octanol–water partition coefficient (Wildman–Crippen LogP) is 5.92. The highest BCUT2D eigenvalue weighted by Crippen LogP contribution is 2.40. The van der Waals surface area contributed by atoms with Gasteiger partial charge in [0.05, 0.1) is 6.10 Å². The number of alkyl halides is 1. The van der Waals surface area contributed by atoms with E-state index in [1.807, 2.05) is 0 Å². The van der Waals surface area contributed by atoms with Crippen LogP contribution in [0.3, 0.4) is 0 Å². The van der Waals surface area contributed by atoms with Gasteiger partial charge in [0, 0.05) is 26.8 Å². The Kier molecular flexibility index (Phi) is 10.5. The van der Waals surface area contributed by atoms with Gasteiger partial charge in [0.15, 0.2) is 0 Å². The second kappa shape index (κ2) is 12.6. The largest absolute Gasteiger partial charge is 0.491 e. The van der Waals surface area contributed by atoms with Gasteiger partial charge in [-0.05, 0) is 37.0 Å². The van der Waals surface area contributed by atoms with Gasteiger partial charge in [-0.2, -0.15) is 0 Å². The lowest BCUT2D eigenvalue weighted by atomic mass is 9.90. The molecule has 1 aromatic rings. The fourth-order valence-corrected chi connectivity index (χ4v) is 4.04. The van der Waals surface area contributed by atoms with Crippen LogP contribution in [0.4, 0.5) is 4.39 Å². The van der Waals surface area contributed by atoms with Crippen LogP contribution >= 0.6 is 21.1 Å². The molecule has 0 aliphatic heterocycles. The molecule has 1 saturated carbocycles.